The zero-order valence-corrected chi connectivity index (χ0v) is 15.1. The molecule has 0 saturated heterocycles. The highest BCUT2D eigenvalue weighted by Crippen LogP contribution is 2.23. The molecule has 0 atom stereocenters. The van der Waals surface area contributed by atoms with Crippen LogP contribution in [0.1, 0.15) is 5.56 Å². The van der Waals surface area contributed by atoms with Crippen LogP contribution in [0, 0.1) is 22.9 Å². The van der Waals surface area contributed by atoms with Crippen molar-refractivity contribution in [2.45, 2.75) is 12.1 Å². The fourth-order valence-corrected chi connectivity index (χ4v) is 3.21. The maximum absolute atomic E-state index is 13.4. The van der Waals surface area contributed by atoms with E-state index in [4.69, 9.17) is 0 Å². The first-order chi connectivity index (χ1) is 12.9. The Kier molecular flexibility index (Phi) is 5.51. The number of carbonyl (C=O) groups excluding carboxylic acids is 1. The first kappa shape index (κ1) is 18.6. The first-order valence-corrected chi connectivity index (χ1v) is 8.89. The molecular weight excluding hydrogens is 371 g/mol. The largest absolute Gasteiger partial charge is 0.325 e. The number of nitro groups is 1. The Hall–Kier alpha value is -3.20. The summed E-state index contributed by atoms with van der Waals surface area (Å²) in [5.41, 5.74) is 1.70. The van der Waals surface area contributed by atoms with Crippen LogP contribution < -0.4 is 5.32 Å². The van der Waals surface area contributed by atoms with Crippen molar-refractivity contribution in [2.24, 2.45) is 0 Å². The number of halogens is 1. The number of hydrogen-bond acceptors (Lipinski definition) is 5. The Balaban J connectivity index is 1.65. The second-order valence-corrected chi connectivity index (χ2v) is 6.60. The molecule has 1 amide bonds. The number of carbonyl (C=O) groups is 1. The van der Waals surface area contributed by atoms with E-state index in [-0.39, 0.29) is 23.2 Å². The van der Waals surface area contributed by atoms with Gasteiger partial charge in [-0.05, 0) is 36.8 Å². The summed E-state index contributed by atoms with van der Waals surface area (Å²) < 4.78 is 15.1. The molecule has 0 bridgehead atoms. The van der Waals surface area contributed by atoms with Gasteiger partial charge in [0.2, 0.25) is 5.91 Å². The Morgan fingerprint density at radius 2 is 2.15 bits per heavy atom. The van der Waals surface area contributed by atoms with Crippen molar-refractivity contribution in [1.29, 1.82) is 0 Å². The number of amides is 1. The molecule has 1 heterocycles. The summed E-state index contributed by atoms with van der Waals surface area (Å²) in [6.45, 7) is 1.69. The molecule has 0 saturated carbocycles. The van der Waals surface area contributed by atoms with Gasteiger partial charge in [-0.15, -0.1) is 0 Å². The van der Waals surface area contributed by atoms with Crippen LogP contribution in [0.15, 0.2) is 60.0 Å². The van der Waals surface area contributed by atoms with Gasteiger partial charge in [-0.25, -0.2) is 9.37 Å². The third kappa shape index (κ3) is 4.50. The van der Waals surface area contributed by atoms with E-state index in [0.29, 0.717) is 22.1 Å². The molecule has 0 unspecified atom stereocenters. The number of imidazole rings is 1. The molecule has 0 fully saturated rings. The third-order valence-electron chi connectivity index (χ3n) is 3.72. The lowest BCUT2D eigenvalue weighted by Crippen LogP contribution is -2.15. The van der Waals surface area contributed by atoms with Crippen molar-refractivity contribution < 1.29 is 14.1 Å². The number of rotatable bonds is 6. The number of nitrogens with one attached hydrogen (secondary N) is 1. The van der Waals surface area contributed by atoms with Crippen molar-refractivity contribution in [3.8, 4) is 5.69 Å². The molecule has 1 aromatic heterocycles. The van der Waals surface area contributed by atoms with E-state index in [1.54, 1.807) is 36.0 Å². The van der Waals surface area contributed by atoms with Crippen LogP contribution in [0.4, 0.5) is 15.8 Å². The summed E-state index contributed by atoms with van der Waals surface area (Å²) in [4.78, 5) is 26.7. The summed E-state index contributed by atoms with van der Waals surface area (Å²) in [7, 11) is 0. The van der Waals surface area contributed by atoms with Gasteiger partial charge in [0.1, 0.15) is 5.82 Å². The van der Waals surface area contributed by atoms with E-state index >= 15 is 0 Å². The normalized spacial score (nSPS) is 10.6. The van der Waals surface area contributed by atoms with E-state index in [2.05, 4.69) is 10.3 Å². The number of aromatic nitrogens is 2. The van der Waals surface area contributed by atoms with Gasteiger partial charge in [0.15, 0.2) is 5.16 Å². The van der Waals surface area contributed by atoms with Gasteiger partial charge in [0.25, 0.3) is 5.69 Å². The number of nitro benzene ring substituents is 1. The van der Waals surface area contributed by atoms with Crippen LogP contribution >= 0.6 is 11.8 Å². The molecule has 138 valence electrons. The van der Waals surface area contributed by atoms with Crippen molar-refractivity contribution in [2.75, 3.05) is 11.1 Å². The van der Waals surface area contributed by atoms with E-state index in [0.717, 1.165) is 0 Å². The van der Waals surface area contributed by atoms with E-state index in [9.17, 15) is 19.3 Å². The zero-order chi connectivity index (χ0) is 19.4. The van der Waals surface area contributed by atoms with Gasteiger partial charge in [-0.3, -0.25) is 19.5 Å². The molecule has 0 aliphatic heterocycles. The molecular formula is C18H15FN4O3S. The van der Waals surface area contributed by atoms with Gasteiger partial charge in [-0.1, -0.05) is 17.8 Å². The minimum Gasteiger partial charge on any atom is -0.325 e. The Morgan fingerprint density at radius 3 is 2.85 bits per heavy atom. The molecule has 0 aliphatic carbocycles. The van der Waals surface area contributed by atoms with E-state index < -0.39 is 4.92 Å². The lowest BCUT2D eigenvalue weighted by atomic mass is 10.2. The average Bonchev–Trinajstić information content (AvgIpc) is 3.10. The molecule has 0 spiro atoms. The van der Waals surface area contributed by atoms with Gasteiger partial charge >= 0.3 is 0 Å². The van der Waals surface area contributed by atoms with Gasteiger partial charge in [0.05, 0.1) is 16.4 Å². The van der Waals surface area contributed by atoms with Gasteiger partial charge in [-0.2, -0.15) is 0 Å². The summed E-state index contributed by atoms with van der Waals surface area (Å²) in [6.07, 6.45) is 3.26. The SMILES string of the molecule is Cc1cc([N+](=O)[O-])ccc1NC(=O)CSc1nccn1-c1cccc(F)c1. The lowest BCUT2D eigenvalue weighted by molar-refractivity contribution is -0.384. The molecule has 3 rings (SSSR count). The van der Waals surface area contributed by atoms with Gasteiger partial charge < -0.3 is 5.32 Å². The van der Waals surface area contributed by atoms with Crippen LogP contribution in [-0.2, 0) is 4.79 Å². The molecule has 27 heavy (non-hydrogen) atoms. The second-order valence-electron chi connectivity index (χ2n) is 5.65. The average molecular weight is 386 g/mol. The quantitative estimate of drug-likeness (QED) is 0.393. The smallest absolute Gasteiger partial charge is 0.269 e. The number of aryl methyl sites for hydroxylation is 1. The maximum Gasteiger partial charge on any atom is 0.269 e. The van der Waals surface area contributed by atoms with E-state index in [1.807, 2.05) is 0 Å². The molecule has 1 N–H and O–H groups in total. The maximum atomic E-state index is 13.4. The predicted octanol–water partition coefficient (Wildman–Crippen LogP) is 3.96. The predicted molar refractivity (Wildman–Crippen MR) is 101 cm³/mol. The fraction of sp³-hybridized carbons (Fsp3) is 0.111. The highest BCUT2D eigenvalue weighted by Gasteiger charge is 2.12. The molecule has 3 aromatic rings. The first-order valence-electron chi connectivity index (χ1n) is 7.91. The van der Waals surface area contributed by atoms with Crippen molar-refractivity contribution >= 4 is 29.0 Å². The van der Waals surface area contributed by atoms with Crippen LogP contribution in [0.3, 0.4) is 0 Å². The molecule has 0 aliphatic rings. The van der Waals surface area contributed by atoms with Crippen molar-refractivity contribution in [1.82, 2.24) is 9.55 Å². The number of anilines is 1. The standard InChI is InChI=1S/C18H15FN4O3S/c1-12-9-15(23(25)26)5-6-16(12)21-17(24)11-27-18-20-7-8-22(18)14-4-2-3-13(19)10-14/h2-10H,11H2,1H3,(H,21,24). The molecule has 7 nitrogen and oxygen atoms in total. The lowest BCUT2D eigenvalue weighted by Gasteiger charge is -2.09. The number of nitrogens with zero attached hydrogens (tertiary/aromatic N) is 3. The topological polar surface area (TPSA) is 90.1 Å². The number of hydrogen-bond donors (Lipinski definition) is 1. The zero-order valence-electron chi connectivity index (χ0n) is 14.3. The summed E-state index contributed by atoms with van der Waals surface area (Å²) in [5.74, 6) is -0.544. The number of non-ortho nitro benzene ring substituents is 1. The van der Waals surface area contributed by atoms with Crippen LogP contribution in [0.5, 0.6) is 0 Å². The minimum absolute atomic E-state index is 0.0306. The van der Waals surface area contributed by atoms with Crippen LogP contribution in [0.2, 0.25) is 0 Å². The van der Waals surface area contributed by atoms with E-state index in [1.165, 1.54) is 42.1 Å². The van der Waals surface area contributed by atoms with Crippen molar-refractivity contribution in [3.63, 3.8) is 0 Å². The summed E-state index contributed by atoms with van der Waals surface area (Å²) in [5, 5.41) is 14.1. The van der Waals surface area contributed by atoms with Crippen LogP contribution in [-0.4, -0.2) is 26.1 Å². The Labute approximate surface area is 158 Å². The minimum atomic E-state index is -0.485. The fourth-order valence-electron chi connectivity index (χ4n) is 2.44. The van der Waals surface area contributed by atoms with Gasteiger partial charge in [0, 0.05) is 30.2 Å². The van der Waals surface area contributed by atoms with Crippen LogP contribution in [0.25, 0.3) is 5.69 Å². The number of thioether (sulfide) groups is 1. The monoisotopic (exact) mass is 386 g/mol. The molecule has 0 radical (unpaired) electrons. The number of benzene rings is 2. The summed E-state index contributed by atoms with van der Waals surface area (Å²) >= 11 is 1.20. The molecule has 9 heteroatoms. The Morgan fingerprint density at radius 1 is 1.33 bits per heavy atom. The highest BCUT2D eigenvalue weighted by atomic mass is 32.2. The second kappa shape index (κ2) is 8.00. The highest BCUT2D eigenvalue weighted by molar-refractivity contribution is 7.99. The third-order valence-corrected chi connectivity index (χ3v) is 4.69. The molecule has 2 aromatic carbocycles. The summed E-state index contributed by atoms with van der Waals surface area (Å²) in [6, 6.07) is 10.3. The van der Waals surface area contributed by atoms with Crippen molar-refractivity contribution in [3.05, 3.63) is 76.4 Å². The Bertz CT molecular complexity index is 1010.